The van der Waals surface area contributed by atoms with Crippen molar-refractivity contribution in [1.82, 2.24) is 20.1 Å². The monoisotopic (exact) mass is 381 g/mol. The van der Waals surface area contributed by atoms with Crippen molar-refractivity contribution < 1.29 is 9.53 Å². The number of aromatic amines is 1. The summed E-state index contributed by atoms with van der Waals surface area (Å²) < 4.78 is 5.56. The molecular weight excluding hydrogens is 354 g/mol. The molecule has 1 aliphatic heterocycles. The molecule has 1 spiro atoms. The Hall–Kier alpha value is -2.67. The van der Waals surface area contributed by atoms with Gasteiger partial charge in [0.2, 0.25) is 0 Å². The minimum absolute atomic E-state index is 0.104. The smallest absolute Gasteiger partial charge is 0.322 e. The summed E-state index contributed by atoms with van der Waals surface area (Å²) in [4.78, 5) is 19.2. The Morgan fingerprint density at radius 2 is 2.21 bits per heavy atom. The number of hydrogen-bond acceptors (Lipinski definition) is 4. The second-order valence-corrected chi connectivity index (χ2v) is 8.69. The first kappa shape index (κ1) is 18.7. The average Bonchev–Trinajstić information content (AvgIpc) is 3.26. The van der Waals surface area contributed by atoms with Crippen LogP contribution in [0.15, 0.2) is 30.6 Å². The van der Waals surface area contributed by atoms with Crippen molar-refractivity contribution in [3.8, 4) is 11.4 Å². The summed E-state index contributed by atoms with van der Waals surface area (Å²) in [6.45, 7) is 8.30. The third-order valence-corrected chi connectivity index (χ3v) is 5.17. The number of morpholine rings is 1. The van der Waals surface area contributed by atoms with Crippen LogP contribution in [0.4, 0.5) is 10.5 Å². The first-order valence-electron chi connectivity index (χ1n) is 9.72. The summed E-state index contributed by atoms with van der Waals surface area (Å²) in [5.74, 6) is 0. The molecule has 1 saturated heterocycles. The number of carbonyl (C=O) groups excluding carboxylic acids is 1. The van der Waals surface area contributed by atoms with Crippen molar-refractivity contribution in [3.63, 3.8) is 0 Å². The van der Waals surface area contributed by atoms with Crippen LogP contribution < -0.4 is 5.32 Å². The average molecular weight is 381 g/mol. The van der Waals surface area contributed by atoms with Crippen LogP contribution in [-0.4, -0.2) is 51.4 Å². The van der Waals surface area contributed by atoms with Crippen LogP contribution in [0.1, 0.15) is 39.2 Å². The molecule has 28 heavy (non-hydrogen) atoms. The molecule has 0 atom stereocenters. The Labute approximate surface area is 165 Å². The van der Waals surface area contributed by atoms with Crippen molar-refractivity contribution >= 4 is 17.8 Å². The van der Waals surface area contributed by atoms with Crippen LogP contribution in [0.2, 0.25) is 0 Å². The molecule has 2 N–H and O–H groups in total. The van der Waals surface area contributed by atoms with Crippen LogP contribution in [0, 0.1) is 5.41 Å². The lowest BCUT2D eigenvalue weighted by Crippen LogP contribution is -2.52. The molecule has 0 aromatic carbocycles. The molecule has 0 unspecified atom stereocenters. The summed E-state index contributed by atoms with van der Waals surface area (Å²) in [5, 5.41) is 10.1. The van der Waals surface area contributed by atoms with Crippen molar-refractivity contribution in [1.29, 1.82) is 0 Å². The highest BCUT2D eigenvalue weighted by Gasteiger charge is 2.52. The predicted octanol–water partition coefficient (Wildman–Crippen LogP) is 3.93. The van der Waals surface area contributed by atoms with Crippen molar-refractivity contribution in [3.05, 3.63) is 36.2 Å². The quantitative estimate of drug-likeness (QED) is 0.844. The number of ether oxygens (including phenoxy) is 1. The van der Waals surface area contributed by atoms with E-state index in [1.165, 1.54) is 0 Å². The van der Waals surface area contributed by atoms with Gasteiger partial charge in [0, 0.05) is 12.7 Å². The highest BCUT2D eigenvalue weighted by molar-refractivity contribution is 5.93. The molecule has 2 amide bonds. The Morgan fingerprint density at radius 1 is 1.39 bits per heavy atom. The number of nitrogens with zero attached hydrogens (tertiary/aromatic N) is 3. The largest absolute Gasteiger partial charge is 0.377 e. The van der Waals surface area contributed by atoms with E-state index >= 15 is 0 Å². The number of rotatable bonds is 3. The minimum Gasteiger partial charge on any atom is -0.377 e. The van der Waals surface area contributed by atoms with Crippen molar-refractivity contribution in [2.75, 3.05) is 25.1 Å². The van der Waals surface area contributed by atoms with E-state index in [4.69, 9.17) is 4.74 Å². The second-order valence-electron chi connectivity index (χ2n) is 8.69. The fourth-order valence-electron chi connectivity index (χ4n) is 3.40. The Kier molecular flexibility index (Phi) is 4.71. The Balaban J connectivity index is 1.53. The molecule has 2 aromatic heterocycles. The summed E-state index contributed by atoms with van der Waals surface area (Å²) in [5.41, 5.74) is 3.13. The molecule has 0 radical (unpaired) electrons. The zero-order valence-corrected chi connectivity index (χ0v) is 16.7. The number of carbonyl (C=O) groups is 1. The molecule has 0 bridgehead atoms. The molecule has 3 heterocycles. The maximum atomic E-state index is 12.9. The number of anilines is 1. The van der Waals surface area contributed by atoms with Gasteiger partial charge in [-0.1, -0.05) is 32.9 Å². The van der Waals surface area contributed by atoms with Gasteiger partial charge < -0.3 is 15.0 Å². The molecule has 1 saturated carbocycles. The van der Waals surface area contributed by atoms with Gasteiger partial charge in [0.1, 0.15) is 5.69 Å². The molecule has 2 fully saturated rings. The fourth-order valence-corrected chi connectivity index (χ4v) is 3.40. The molecule has 4 rings (SSSR count). The summed E-state index contributed by atoms with van der Waals surface area (Å²) >= 11 is 0. The lowest BCUT2D eigenvalue weighted by Gasteiger charge is -2.35. The molecule has 7 nitrogen and oxygen atoms in total. The number of H-pyrrole nitrogens is 1. The third-order valence-electron chi connectivity index (χ3n) is 5.17. The van der Waals surface area contributed by atoms with Crippen LogP contribution >= 0.6 is 0 Å². The predicted molar refractivity (Wildman–Crippen MR) is 109 cm³/mol. The number of aromatic nitrogens is 3. The SMILES string of the molecule is CC(C)(C)/C=C/c1ccnc(-c2[nH]ncc2NC(=O)N2CCOCC23CC3)c1. The molecule has 2 aliphatic rings. The second kappa shape index (κ2) is 7.05. The van der Waals surface area contributed by atoms with Crippen LogP contribution in [0.5, 0.6) is 0 Å². The number of allylic oxidation sites excluding steroid dienone is 1. The topological polar surface area (TPSA) is 83.1 Å². The van der Waals surface area contributed by atoms with Gasteiger partial charge in [-0.3, -0.25) is 10.1 Å². The third kappa shape index (κ3) is 3.94. The number of amides is 2. The fraction of sp³-hybridized carbons (Fsp3) is 0.476. The van der Waals surface area contributed by atoms with Crippen LogP contribution in [0.25, 0.3) is 17.5 Å². The van der Waals surface area contributed by atoms with Gasteiger partial charge in [-0.25, -0.2) is 4.79 Å². The van der Waals surface area contributed by atoms with E-state index in [0.29, 0.717) is 31.1 Å². The standard InChI is InChI=1S/C21H27N5O2/c1-20(2,3)6-4-15-5-9-22-16(12-15)18-17(13-23-25-18)24-19(27)26-10-11-28-14-21(26)7-8-21/h4-6,9,12-13H,7-8,10-11,14H2,1-3H3,(H,23,25)(H,24,27)/b6-4+. The van der Waals surface area contributed by atoms with E-state index in [1.807, 2.05) is 17.0 Å². The van der Waals surface area contributed by atoms with Crippen LogP contribution in [-0.2, 0) is 4.74 Å². The van der Waals surface area contributed by atoms with Crippen molar-refractivity contribution in [2.45, 2.75) is 39.2 Å². The number of urea groups is 1. The van der Waals surface area contributed by atoms with E-state index in [1.54, 1.807) is 12.4 Å². The normalized spacial score (nSPS) is 18.6. The van der Waals surface area contributed by atoms with Gasteiger partial charge in [0.15, 0.2) is 0 Å². The number of pyridine rings is 1. The lowest BCUT2D eigenvalue weighted by molar-refractivity contribution is 0.00404. The van der Waals surface area contributed by atoms with Crippen molar-refractivity contribution in [2.24, 2.45) is 5.41 Å². The summed E-state index contributed by atoms with van der Waals surface area (Å²) in [6, 6.07) is 3.85. The summed E-state index contributed by atoms with van der Waals surface area (Å²) in [7, 11) is 0. The molecule has 1 aliphatic carbocycles. The molecule has 2 aromatic rings. The minimum atomic E-state index is -0.109. The molecule has 148 valence electrons. The Bertz CT molecular complexity index is 892. The zero-order chi connectivity index (χ0) is 19.8. The van der Waals surface area contributed by atoms with Gasteiger partial charge in [0.05, 0.1) is 36.3 Å². The van der Waals surface area contributed by atoms with Gasteiger partial charge in [-0.2, -0.15) is 5.10 Å². The maximum Gasteiger partial charge on any atom is 0.322 e. The van der Waals surface area contributed by atoms with Gasteiger partial charge in [-0.05, 0) is 36.0 Å². The van der Waals surface area contributed by atoms with Gasteiger partial charge in [0.25, 0.3) is 0 Å². The van der Waals surface area contributed by atoms with E-state index in [0.717, 1.165) is 24.1 Å². The first-order chi connectivity index (χ1) is 13.4. The zero-order valence-electron chi connectivity index (χ0n) is 16.7. The van der Waals surface area contributed by atoms with Gasteiger partial charge >= 0.3 is 6.03 Å². The maximum absolute atomic E-state index is 12.9. The summed E-state index contributed by atoms with van der Waals surface area (Å²) in [6.07, 6.45) is 9.66. The number of hydrogen-bond donors (Lipinski definition) is 2. The highest BCUT2D eigenvalue weighted by atomic mass is 16.5. The van der Waals surface area contributed by atoms with E-state index in [9.17, 15) is 4.79 Å². The first-order valence-corrected chi connectivity index (χ1v) is 9.72. The van der Waals surface area contributed by atoms with E-state index in [2.05, 4.69) is 53.4 Å². The highest BCUT2D eigenvalue weighted by Crippen LogP contribution is 2.43. The number of nitrogens with one attached hydrogen (secondary N) is 2. The lowest BCUT2D eigenvalue weighted by atomic mass is 9.95. The molecule has 7 heteroatoms. The van der Waals surface area contributed by atoms with E-state index < -0.39 is 0 Å². The van der Waals surface area contributed by atoms with Crippen LogP contribution in [0.3, 0.4) is 0 Å². The van der Waals surface area contributed by atoms with Gasteiger partial charge in [-0.15, -0.1) is 0 Å². The molecular formula is C21H27N5O2. The van der Waals surface area contributed by atoms with E-state index in [-0.39, 0.29) is 17.0 Å². The Morgan fingerprint density at radius 3 is 2.96 bits per heavy atom.